The Hall–Kier alpha value is -1.07. The van der Waals surface area contributed by atoms with Crippen LogP contribution >= 0.6 is 23.5 Å². The van der Waals surface area contributed by atoms with Gasteiger partial charge in [0.05, 0.1) is 0 Å². The van der Waals surface area contributed by atoms with Gasteiger partial charge in [-0.3, -0.25) is 0 Å². The number of unbranched alkanes of at least 4 members (excludes halogenated alkanes) is 18. The molecule has 0 spiro atoms. The molecular formula is C41H75NO2S2. The number of thioether (sulfide) groups is 2. The largest absolute Gasteiger partial charge is 0.449 e. The molecule has 0 aliphatic carbocycles. The molecule has 0 rings (SSSR count). The number of nitrogens with one attached hydrogen (secondary N) is 1. The maximum Gasteiger partial charge on any atom is 0.407 e. The Morgan fingerprint density at radius 3 is 1.33 bits per heavy atom. The standard InChI is InChI=1S/C41H75NO2S2/c1-3-5-7-9-11-13-15-17-19-21-23-25-27-29-31-33-37-45-39-35-42-41(43)44-36-40-46-38-34-32-30-28-26-24-22-20-18-16-14-12-10-8-6-4-2/h11-14,17-20H,3-10,15-16,21-40H2,1-2H3,(H,42,43)/b13-11-,14-12-,19-17-,20-18-. The Balaban J connectivity index is 3.24. The zero-order chi connectivity index (χ0) is 33.3. The van der Waals surface area contributed by atoms with Crippen molar-refractivity contribution in [1.29, 1.82) is 0 Å². The van der Waals surface area contributed by atoms with E-state index in [0.29, 0.717) is 13.2 Å². The maximum absolute atomic E-state index is 11.9. The lowest BCUT2D eigenvalue weighted by molar-refractivity contribution is 0.154. The van der Waals surface area contributed by atoms with Gasteiger partial charge in [0.25, 0.3) is 0 Å². The number of hydrogen-bond donors (Lipinski definition) is 1. The van der Waals surface area contributed by atoms with E-state index >= 15 is 0 Å². The molecule has 0 unspecified atom stereocenters. The molecule has 0 atom stereocenters. The van der Waals surface area contributed by atoms with Gasteiger partial charge in [-0.05, 0) is 88.6 Å². The zero-order valence-corrected chi connectivity index (χ0v) is 32.1. The van der Waals surface area contributed by atoms with Gasteiger partial charge in [-0.25, -0.2) is 4.79 Å². The van der Waals surface area contributed by atoms with Crippen molar-refractivity contribution in [2.75, 3.05) is 36.2 Å². The number of allylic oxidation sites excluding steroid dienone is 8. The van der Waals surface area contributed by atoms with Crippen LogP contribution in [0.2, 0.25) is 0 Å². The van der Waals surface area contributed by atoms with Crippen LogP contribution in [-0.2, 0) is 4.74 Å². The first-order valence-electron chi connectivity index (χ1n) is 19.5. The van der Waals surface area contributed by atoms with Gasteiger partial charge in [-0.1, -0.05) is 140 Å². The number of alkyl carbamates (subject to hydrolysis) is 1. The third-order valence-electron chi connectivity index (χ3n) is 7.96. The third-order valence-corrected chi connectivity index (χ3v) is 10.1. The van der Waals surface area contributed by atoms with Gasteiger partial charge in [0.1, 0.15) is 6.61 Å². The molecule has 0 aromatic carbocycles. The lowest BCUT2D eigenvalue weighted by Crippen LogP contribution is -2.27. The highest BCUT2D eigenvalue weighted by Crippen LogP contribution is 2.12. The normalized spacial score (nSPS) is 12.0. The van der Waals surface area contributed by atoms with E-state index < -0.39 is 0 Å². The van der Waals surface area contributed by atoms with E-state index in [-0.39, 0.29) is 6.09 Å². The van der Waals surface area contributed by atoms with Crippen LogP contribution in [0, 0.1) is 0 Å². The van der Waals surface area contributed by atoms with Gasteiger partial charge in [0.15, 0.2) is 0 Å². The first-order valence-corrected chi connectivity index (χ1v) is 21.8. The van der Waals surface area contributed by atoms with E-state index in [1.165, 1.54) is 153 Å². The van der Waals surface area contributed by atoms with E-state index in [1.807, 2.05) is 23.5 Å². The number of rotatable bonds is 36. The molecule has 0 radical (unpaired) electrons. The predicted molar refractivity (Wildman–Crippen MR) is 213 cm³/mol. The van der Waals surface area contributed by atoms with Gasteiger partial charge >= 0.3 is 6.09 Å². The van der Waals surface area contributed by atoms with Crippen molar-refractivity contribution >= 4 is 29.6 Å². The first-order chi connectivity index (χ1) is 22.8. The smallest absolute Gasteiger partial charge is 0.407 e. The first kappa shape index (κ1) is 44.9. The highest BCUT2D eigenvalue weighted by molar-refractivity contribution is 7.99. The molecule has 0 bridgehead atoms. The summed E-state index contributed by atoms with van der Waals surface area (Å²) in [4.78, 5) is 11.9. The number of hydrogen-bond acceptors (Lipinski definition) is 4. The topological polar surface area (TPSA) is 38.3 Å². The summed E-state index contributed by atoms with van der Waals surface area (Å²) in [6.45, 7) is 5.73. The molecule has 0 saturated heterocycles. The van der Waals surface area contributed by atoms with Gasteiger partial charge in [-0.2, -0.15) is 23.5 Å². The minimum Gasteiger partial charge on any atom is -0.449 e. The SMILES string of the molecule is CCCCC/C=C\C/C=C\CCCCCCCCSCCNC(=O)OCCSCCCCCCCC/C=C\C/C=C\CCCCC. The van der Waals surface area contributed by atoms with Crippen LogP contribution in [0.1, 0.15) is 168 Å². The minimum atomic E-state index is -0.261. The molecule has 3 nitrogen and oxygen atoms in total. The Bertz CT molecular complexity index is 661. The number of ether oxygens (including phenoxy) is 1. The number of amides is 1. The monoisotopic (exact) mass is 678 g/mol. The Morgan fingerprint density at radius 1 is 0.478 bits per heavy atom. The summed E-state index contributed by atoms with van der Waals surface area (Å²) >= 11 is 3.85. The summed E-state index contributed by atoms with van der Waals surface area (Å²) in [6, 6.07) is 0. The summed E-state index contributed by atoms with van der Waals surface area (Å²) in [5, 5.41) is 2.89. The summed E-state index contributed by atoms with van der Waals surface area (Å²) in [6.07, 6.45) is 49.5. The summed E-state index contributed by atoms with van der Waals surface area (Å²) in [5.74, 6) is 4.23. The van der Waals surface area contributed by atoms with Gasteiger partial charge in [0.2, 0.25) is 0 Å². The second-order valence-electron chi connectivity index (χ2n) is 12.5. The molecule has 0 aliphatic heterocycles. The Morgan fingerprint density at radius 2 is 0.870 bits per heavy atom. The van der Waals surface area contributed by atoms with E-state index in [0.717, 1.165) is 24.3 Å². The maximum atomic E-state index is 11.9. The van der Waals surface area contributed by atoms with Crippen molar-refractivity contribution < 1.29 is 9.53 Å². The Labute approximate surface area is 296 Å². The lowest BCUT2D eigenvalue weighted by Gasteiger charge is -2.07. The van der Waals surface area contributed by atoms with Crippen LogP contribution in [0.5, 0.6) is 0 Å². The average Bonchev–Trinajstić information content (AvgIpc) is 3.06. The molecule has 0 aromatic rings. The molecular weight excluding hydrogens is 603 g/mol. The minimum absolute atomic E-state index is 0.261. The fourth-order valence-electron chi connectivity index (χ4n) is 5.06. The van der Waals surface area contributed by atoms with E-state index in [4.69, 9.17) is 4.74 Å². The van der Waals surface area contributed by atoms with Crippen molar-refractivity contribution in [3.05, 3.63) is 48.6 Å². The third kappa shape index (κ3) is 41.0. The zero-order valence-electron chi connectivity index (χ0n) is 30.5. The van der Waals surface area contributed by atoms with Crippen LogP contribution in [-0.4, -0.2) is 42.3 Å². The van der Waals surface area contributed by atoms with Crippen LogP contribution in [0.25, 0.3) is 0 Å². The molecule has 0 aromatic heterocycles. The fourth-order valence-corrected chi connectivity index (χ4v) is 6.73. The van der Waals surface area contributed by atoms with Crippen molar-refractivity contribution in [2.24, 2.45) is 0 Å². The molecule has 268 valence electrons. The average molecular weight is 678 g/mol. The van der Waals surface area contributed by atoms with Gasteiger partial charge < -0.3 is 10.1 Å². The van der Waals surface area contributed by atoms with Crippen LogP contribution in [0.15, 0.2) is 48.6 Å². The second-order valence-corrected chi connectivity index (χ2v) is 14.9. The molecule has 1 amide bonds. The molecule has 0 saturated carbocycles. The molecule has 5 heteroatoms. The van der Waals surface area contributed by atoms with E-state index in [2.05, 4.69) is 67.8 Å². The van der Waals surface area contributed by atoms with Crippen molar-refractivity contribution in [3.63, 3.8) is 0 Å². The van der Waals surface area contributed by atoms with Crippen molar-refractivity contribution in [1.82, 2.24) is 5.32 Å². The number of carbonyl (C=O) groups excluding carboxylic acids is 1. The van der Waals surface area contributed by atoms with E-state index in [1.54, 1.807) is 0 Å². The van der Waals surface area contributed by atoms with E-state index in [9.17, 15) is 4.79 Å². The van der Waals surface area contributed by atoms with Crippen molar-refractivity contribution in [3.8, 4) is 0 Å². The second kappa shape index (κ2) is 42.0. The van der Waals surface area contributed by atoms with Crippen LogP contribution in [0.4, 0.5) is 4.79 Å². The quantitative estimate of drug-likeness (QED) is 0.0529. The summed E-state index contributed by atoms with van der Waals surface area (Å²) < 4.78 is 5.32. The predicted octanol–water partition coefficient (Wildman–Crippen LogP) is 13.8. The molecule has 1 N–H and O–H groups in total. The highest BCUT2D eigenvalue weighted by atomic mass is 32.2. The summed E-state index contributed by atoms with van der Waals surface area (Å²) in [7, 11) is 0. The molecule has 0 heterocycles. The summed E-state index contributed by atoms with van der Waals surface area (Å²) in [5.41, 5.74) is 0. The fraction of sp³-hybridized carbons (Fsp3) is 0.780. The van der Waals surface area contributed by atoms with Crippen LogP contribution < -0.4 is 5.32 Å². The van der Waals surface area contributed by atoms with Crippen LogP contribution in [0.3, 0.4) is 0 Å². The van der Waals surface area contributed by atoms with Crippen molar-refractivity contribution in [2.45, 2.75) is 168 Å². The number of carbonyl (C=O) groups is 1. The van der Waals surface area contributed by atoms with Gasteiger partial charge in [-0.15, -0.1) is 0 Å². The molecule has 0 aliphatic rings. The highest BCUT2D eigenvalue weighted by Gasteiger charge is 2.01. The molecule has 46 heavy (non-hydrogen) atoms. The molecule has 0 fully saturated rings. The van der Waals surface area contributed by atoms with Gasteiger partial charge in [0, 0.05) is 18.1 Å². The lowest BCUT2D eigenvalue weighted by atomic mass is 10.1. The Kier molecular flexibility index (Phi) is 41.0.